The van der Waals surface area contributed by atoms with E-state index in [1.165, 1.54) is 53.8 Å². The molecule has 49 heavy (non-hydrogen) atoms. The summed E-state index contributed by atoms with van der Waals surface area (Å²) in [6.45, 7) is 6.20. The molecule has 0 saturated carbocycles. The number of nitrogens with one attached hydrogen (secondary N) is 2. The number of amides is 2. The van der Waals surface area contributed by atoms with Gasteiger partial charge >= 0.3 is 5.97 Å². The second-order valence-electron chi connectivity index (χ2n) is 12.6. The van der Waals surface area contributed by atoms with E-state index >= 15 is 0 Å². The highest BCUT2D eigenvalue weighted by atomic mass is 35.5. The lowest BCUT2D eigenvalue weighted by molar-refractivity contribution is -0.142. The zero-order chi connectivity index (χ0) is 36.5. The maximum atomic E-state index is 13.5. The number of sulfonamides is 2. The number of carbonyl (C=O) groups excluding carboxylic acids is 2. The quantitative estimate of drug-likeness (QED) is 0.272. The highest BCUT2D eigenvalue weighted by Gasteiger charge is 2.33. The number of piperazine rings is 1. The number of carboxylic acids is 1. The number of anilines is 3. The van der Waals surface area contributed by atoms with Crippen LogP contribution in [0.25, 0.3) is 0 Å². The number of halogens is 2. The van der Waals surface area contributed by atoms with Gasteiger partial charge in [0.1, 0.15) is 6.04 Å². The van der Waals surface area contributed by atoms with Crippen molar-refractivity contribution in [2.45, 2.75) is 31.7 Å². The highest BCUT2D eigenvalue weighted by Crippen LogP contribution is 2.29. The molecule has 1 saturated heterocycles. The summed E-state index contributed by atoms with van der Waals surface area (Å²) in [6, 6.07) is 13.1. The van der Waals surface area contributed by atoms with Crippen LogP contribution in [0.5, 0.6) is 0 Å². The van der Waals surface area contributed by atoms with Gasteiger partial charge in [-0.05, 0) is 66.1 Å². The second kappa shape index (κ2) is 14.5. The van der Waals surface area contributed by atoms with Gasteiger partial charge in [0.15, 0.2) is 0 Å². The van der Waals surface area contributed by atoms with Crippen molar-refractivity contribution in [3.8, 4) is 0 Å². The number of carboxylic acid groups (broad SMARTS) is 1. The molecule has 0 radical (unpaired) electrons. The third kappa shape index (κ3) is 9.02. The SMILES string of the molecule is CN(c1ccc(C(=O)NC(C(=O)O)C(C)(C)C)cc1C(=O)Nc1ccc(S(=O)(=O)N2CCN(c3cc(Cl)cc(Cl)c3)CC2)cc1)S(C)(=O)=O. The molecular formula is C32H37Cl2N5O8S2. The minimum absolute atomic E-state index is 0.00718. The predicted molar refractivity (Wildman–Crippen MR) is 190 cm³/mol. The van der Waals surface area contributed by atoms with Crippen molar-refractivity contribution in [1.82, 2.24) is 9.62 Å². The lowest BCUT2D eigenvalue weighted by Gasteiger charge is -2.35. The molecule has 3 N–H and O–H groups in total. The summed E-state index contributed by atoms with van der Waals surface area (Å²) in [4.78, 5) is 40.4. The Labute approximate surface area is 295 Å². The average Bonchev–Trinajstić information content (AvgIpc) is 3.01. The van der Waals surface area contributed by atoms with Crippen LogP contribution in [0.4, 0.5) is 17.1 Å². The van der Waals surface area contributed by atoms with Crippen LogP contribution in [0, 0.1) is 5.41 Å². The number of rotatable bonds is 10. The largest absolute Gasteiger partial charge is 0.480 e. The van der Waals surface area contributed by atoms with Crippen LogP contribution < -0.4 is 19.8 Å². The monoisotopic (exact) mass is 753 g/mol. The van der Waals surface area contributed by atoms with Gasteiger partial charge in [0.2, 0.25) is 20.0 Å². The molecule has 1 aliphatic rings. The van der Waals surface area contributed by atoms with E-state index in [0.717, 1.165) is 16.2 Å². The summed E-state index contributed by atoms with van der Waals surface area (Å²) >= 11 is 12.2. The number of nitrogens with zero attached hydrogens (tertiary/aromatic N) is 3. The van der Waals surface area contributed by atoms with Crippen molar-refractivity contribution in [2.24, 2.45) is 5.41 Å². The summed E-state index contributed by atoms with van der Waals surface area (Å²) < 4.78 is 53.8. The van der Waals surface area contributed by atoms with Crippen molar-refractivity contribution < 1.29 is 36.3 Å². The minimum Gasteiger partial charge on any atom is -0.480 e. The van der Waals surface area contributed by atoms with Crippen molar-refractivity contribution in [3.05, 3.63) is 81.8 Å². The van der Waals surface area contributed by atoms with E-state index in [-0.39, 0.29) is 40.5 Å². The molecule has 0 bridgehead atoms. The van der Waals surface area contributed by atoms with Gasteiger partial charge in [-0.1, -0.05) is 44.0 Å². The van der Waals surface area contributed by atoms with Crippen molar-refractivity contribution in [1.29, 1.82) is 0 Å². The number of hydrogen-bond donors (Lipinski definition) is 3. The van der Waals surface area contributed by atoms with Gasteiger partial charge in [-0.2, -0.15) is 4.31 Å². The molecule has 0 spiro atoms. The molecule has 1 fully saturated rings. The Morgan fingerprint density at radius 2 is 1.43 bits per heavy atom. The van der Waals surface area contributed by atoms with Gasteiger partial charge in [0, 0.05) is 60.2 Å². The van der Waals surface area contributed by atoms with Crippen LogP contribution in [0.3, 0.4) is 0 Å². The second-order valence-corrected chi connectivity index (χ2v) is 17.4. The summed E-state index contributed by atoms with van der Waals surface area (Å²) in [5, 5.41) is 15.7. The summed E-state index contributed by atoms with van der Waals surface area (Å²) in [5.41, 5.74) is -0.155. The number of hydrogen-bond acceptors (Lipinski definition) is 8. The van der Waals surface area contributed by atoms with Crippen molar-refractivity contribution in [2.75, 3.05) is 54.0 Å². The summed E-state index contributed by atoms with van der Waals surface area (Å²) in [6.07, 6.45) is 0.946. The van der Waals surface area contributed by atoms with Crippen molar-refractivity contribution >= 4 is 78.1 Å². The first-order valence-corrected chi connectivity index (χ1v) is 19.0. The van der Waals surface area contributed by atoms with Crippen LogP contribution in [0.15, 0.2) is 65.6 Å². The minimum atomic E-state index is -3.88. The molecule has 1 unspecified atom stereocenters. The average molecular weight is 755 g/mol. The predicted octanol–water partition coefficient (Wildman–Crippen LogP) is 4.38. The zero-order valence-corrected chi connectivity index (χ0v) is 30.5. The fourth-order valence-electron chi connectivity index (χ4n) is 5.14. The number of benzene rings is 3. The van der Waals surface area contributed by atoms with Gasteiger partial charge in [-0.3, -0.25) is 13.9 Å². The van der Waals surface area contributed by atoms with Crippen LogP contribution >= 0.6 is 23.2 Å². The highest BCUT2D eigenvalue weighted by molar-refractivity contribution is 7.92. The number of aliphatic carboxylic acids is 1. The Bertz CT molecular complexity index is 1960. The molecule has 3 aromatic rings. The maximum Gasteiger partial charge on any atom is 0.326 e. The lowest BCUT2D eigenvalue weighted by Crippen LogP contribution is -2.49. The standard InChI is InChI=1S/C32H37Cl2N5O8S2/c1-32(2,3)28(31(42)43)36-29(40)20-6-11-27(37(4)48(5,44)45)26(16-20)30(41)35-23-7-9-25(10-8-23)49(46,47)39-14-12-38(13-15-39)24-18-21(33)17-22(34)19-24/h6-11,16-19,28H,12-15H2,1-5H3,(H,35,41)(H,36,40)(H,42,43). The first-order chi connectivity index (χ1) is 22.7. The van der Waals surface area contributed by atoms with Gasteiger partial charge in [0.05, 0.1) is 22.4 Å². The molecule has 3 aromatic carbocycles. The Balaban J connectivity index is 1.53. The fourth-order valence-corrected chi connectivity index (χ4v) is 7.59. The van der Waals surface area contributed by atoms with Crippen LogP contribution in [-0.4, -0.2) is 89.6 Å². The first-order valence-electron chi connectivity index (χ1n) is 14.9. The lowest BCUT2D eigenvalue weighted by atomic mass is 9.86. The van der Waals surface area contributed by atoms with Gasteiger partial charge in [-0.15, -0.1) is 0 Å². The van der Waals surface area contributed by atoms with Gasteiger partial charge in [-0.25, -0.2) is 21.6 Å². The molecule has 0 aromatic heterocycles. The van der Waals surface area contributed by atoms with Gasteiger partial charge in [0.25, 0.3) is 11.8 Å². The third-order valence-electron chi connectivity index (χ3n) is 7.93. The van der Waals surface area contributed by atoms with E-state index in [9.17, 15) is 36.3 Å². The number of carbonyl (C=O) groups is 3. The summed E-state index contributed by atoms with van der Waals surface area (Å²) in [5.74, 6) is -2.82. The Morgan fingerprint density at radius 3 is 1.94 bits per heavy atom. The zero-order valence-electron chi connectivity index (χ0n) is 27.4. The molecule has 17 heteroatoms. The molecule has 13 nitrogen and oxygen atoms in total. The normalized spacial score (nSPS) is 15.0. The van der Waals surface area contributed by atoms with E-state index < -0.39 is 49.3 Å². The molecule has 2 amide bonds. The fraction of sp³-hybridized carbons (Fsp3) is 0.344. The Morgan fingerprint density at radius 1 is 0.857 bits per heavy atom. The summed E-state index contributed by atoms with van der Waals surface area (Å²) in [7, 11) is -6.47. The molecule has 1 atom stereocenters. The first kappa shape index (κ1) is 37.9. The smallest absolute Gasteiger partial charge is 0.326 e. The molecule has 0 aliphatic carbocycles. The Kier molecular flexibility index (Phi) is 11.2. The van der Waals surface area contributed by atoms with Crippen molar-refractivity contribution in [3.63, 3.8) is 0 Å². The molecule has 1 heterocycles. The van der Waals surface area contributed by atoms with E-state index in [2.05, 4.69) is 10.6 Å². The molecule has 264 valence electrons. The maximum absolute atomic E-state index is 13.5. The molecule has 4 rings (SSSR count). The van der Waals surface area contributed by atoms with E-state index in [1.54, 1.807) is 39.0 Å². The molecule has 1 aliphatic heterocycles. The van der Waals surface area contributed by atoms with Crippen LogP contribution in [-0.2, 0) is 24.8 Å². The van der Waals surface area contributed by atoms with Crippen LogP contribution in [0.1, 0.15) is 41.5 Å². The van der Waals surface area contributed by atoms with Gasteiger partial charge < -0.3 is 20.6 Å². The Hall–Kier alpha value is -3.89. The van der Waals surface area contributed by atoms with E-state index in [1.807, 2.05) is 4.90 Å². The van der Waals surface area contributed by atoms with Crippen LogP contribution in [0.2, 0.25) is 10.0 Å². The van der Waals surface area contributed by atoms with E-state index in [4.69, 9.17) is 23.2 Å². The van der Waals surface area contributed by atoms with E-state index in [0.29, 0.717) is 23.1 Å². The molecular weight excluding hydrogens is 717 g/mol. The third-order valence-corrected chi connectivity index (χ3v) is 11.5. The topological polar surface area (TPSA) is 174 Å².